The van der Waals surface area contributed by atoms with Crippen molar-refractivity contribution in [3.05, 3.63) is 54.1 Å². The lowest BCUT2D eigenvalue weighted by Crippen LogP contribution is -2.16. The van der Waals surface area contributed by atoms with Gasteiger partial charge in [0.05, 0.1) is 18.6 Å². The maximum absolute atomic E-state index is 12.0. The predicted molar refractivity (Wildman–Crippen MR) is 68.7 cm³/mol. The van der Waals surface area contributed by atoms with Gasteiger partial charge in [-0.2, -0.15) is 0 Å². The van der Waals surface area contributed by atoms with Gasteiger partial charge in [0.2, 0.25) is 0 Å². The second kappa shape index (κ2) is 6.13. The molecule has 0 aliphatic carbocycles. The van der Waals surface area contributed by atoms with E-state index in [0.29, 0.717) is 5.69 Å². The SMILES string of the molecule is C[C@@H](c1ccccc1)n1cncc1C(=O)OCCF. The van der Waals surface area contributed by atoms with Crippen molar-refractivity contribution < 1.29 is 13.9 Å². The minimum atomic E-state index is -0.686. The predicted octanol–water partition coefficient (Wildman–Crippen LogP) is 2.62. The number of hydrogen-bond donors (Lipinski definition) is 0. The molecule has 2 rings (SSSR count). The van der Waals surface area contributed by atoms with Crippen molar-refractivity contribution in [3.63, 3.8) is 0 Å². The first-order valence-corrected chi connectivity index (χ1v) is 6.04. The lowest BCUT2D eigenvalue weighted by molar-refractivity contribution is 0.0467. The molecular formula is C14H15FN2O2. The average Bonchev–Trinajstić information content (AvgIpc) is 2.94. The molecule has 0 fully saturated rings. The minimum absolute atomic E-state index is 0.0448. The van der Waals surface area contributed by atoms with Gasteiger partial charge in [0.1, 0.15) is 19.0 Å². The van der Waals surface area contributed by atoms with E-state index in [-0.39, 0.29) is 12.6 Å². The van der Waals surface area contributed by atoms with E-state index in [1.165, 1.54) is 6.20 Å². The number of rotatable bonds is 5. The van der Waals surface area contributed by atoms with Crippen molar-refractivity contribution in [2.24, 2.45) is 0 Å². The van der Waals surface area contributed by atoms with Crippen LogP contribution >= 0.6 is 0 Å². The fourth-order valence-electron chi connectivity index (χ4n) is 1.87. The number of ether oxygens (including phenoxy) is 1. The van der Waals surface area contributed by atoms with E-state index in [2.05, 4.69) is 4.98 Å². The molecule has 0 aliphatic rings. The molecule has 0 aliphatic heterocycles. The Labute approximate surface area is 110 Å². The van der Waals surface area contributed by atoms with Crippen LogP contribution in [0.3, 0.4) is 0 Å². The highest BCUT2D eigenvalue weighted by molar-refractivity contribution is 5.87. The highest BCUT2D eigenvalue weighted by Gasteiger charge is 2.17. The van der Waals surface area contributed by atoms with Gasteiger partial charge in [0, 0.05) is 0 Å². The van der Waals surface area contributed by atoms with Gasteiger partial charge in [-0.25, -0.2) is 14.2 Å². The van der Waals surface area contributed by atoms with Crippen LogP contribution in [0.5, 0.6) is 0 Å². The van der Waals surface area contributed by atoms with Crippen LogP contribution < -0.4 is 0 Å². The first-order chi connectivity index (χ1) is 9.24. The summed E-state index contributed by atoms with van der Waals surface area (Å²) in [4.78, 5) is 15.7. The van der Waals surface area contributed by atoms with Crippen LogP contribution in [0.1, 0.15) is 29.0 Å². The molecule has 0 N–H and O–H groups in total. The third-order valence-corrected chi connectivity index (χ3v) is 2.88. The van der Waals surface area contributed by atoms with Crippen molar-refractivity contribution >= 4 is 5.97 Å². The van der Waals surface area contributed by atoms with E-state index in [9.17, 15) is 9.18 Å². The lowest BCUT2D eigenvalue weighted by atomic mass is 10.1. The molecule has 2 aromatic rings. The molecule has 0 saturated heterocycles. The van der Waals surface area contributed by atoms with E-state index in [4.69, 9.17) is 4.74 Å². The molecule has 0 saturated carbocycles. The molecule has 1 heterocycles. The number of hydrogen-bond acceptors (Lipinski definition) is 3. The number of benzene rings is 1. The molecular weight excluding hydrogens is 247 g/mol. The zero-order valence-electron chi connectivity index (χ0n) is 10.6. The summed E-state index contributed by atoms with van der Waals surface area (Å²) >= 11 is 0. The summed E-state index contributed by atoms with van der Waals surface area (Å²) in [7, 11) is 0. The van der Waals surface area contributed by atoms with Gasteiger partial charge < -0.3 is 9.30 Å². The summed E-state index contributed by atoms with van der Waals surface area (Å²) in [6, 6.07) is 9.70. The van der Waals surface area contributed by atoms with Gasteiger partial charge >= 0.3 is 5.97 Å². The number of halogens is 1. The molecule has 100 valence electrons. The minimum Gasteiger partial charge on any atom is -0.458 e. The first kappa shape index (κ1) is 13.3. The Morgan fingerprint density at radius 1 is 1.42 bits per heavy atom. The Morgan fingerprint density at radius 2 is 2.16 bits per heavy atom. The number of aromatic nitrogens is 2. The molecule has 0 radical (unpaired) electrons. The second-order valence-corrected chi connectivity index (χ2v) is 4.10. The molecule has 0 bridgehead atoms. The van der Waals surface area contributed by atoms with Crippen molar-refractivity contribution in [1.29, 1.82) is 0 Å². The van der Waals surface area contributed by atoms with Crippen LogP contribution in [0.25, 0.3) is 0 Å². The van der Waals surface area contributed by atoms with Gasteiger partial charge in [-0.15, -0.1) is 0 Å². The van der Waals surface area contributed by atoms with Gasteiger partial charge in [-0.3, -0.25) is 0 Å². The highest BCUT2D eigenvalue weighted by atomic mass is 19.1. The van der Waals surface area contributed by atoms with Crippen LogP contribution in [0, 0.1) is 0 Å². The quantitative estimate of drug-likeness (QED) is 0.778. The molecule has 0 unspecified atom stereocenters. The number of esters is 1. The summed E-state index contributed by atoms with van der Waals surface area (Å²) in [6.45, 7) is 1.04. The molecule has 1 aromatic carbocycles. The smallest absolute Gasteiger partial charge is 0.356 e. The van der Waals surface area contributed by atoms with Crippen molar-refractivity contribution in [2.75, 3.05) is 13.3 Å². The van der Waals surface area contributed by atoms with Crippen LogP contribution in [-0.2, 0) is 4.74 Å². The van der Waals surface area contributed by atoms with Gasteiger partial charge in [0.25, 0.3) is 0 Å². The van der Waals surface area contributed by atoms with Crippen molar-refractivity contribution in [3.8, 4) is 0 Å². The van der Waals surface area contributed by atoms with Crippen LogP contribution in [-0.4, -0.2) is 28.8 Å². The van der Waals surface area contributed by atoms with E-state index in [1.54, 1.807) is 10.9 Å². The molecule has 5 heteroatoms. The van der Waals surface area contributed by atoms with Crippen molar-refractivity contribution in [1.82, 2.24) is 9.55 Å². The zero-order valence-corrected chi connectivity index (χ0v) is 10.6. The summed E-state index contributed by atoms with van der Waals surface area (Å²) in [5, 5.41) is 0. The van der Waals surface area contributed by atoms with Crippen LogP contribution in [0.15, 0.2) is 42.9 Å². The van der Waals surface area contributed by atoms with E-state index in [1.807, 2.05) is 37.3 Å². The molecule has 1 atom stereocenters. The van der Waals surface area contributed by atoms with E-state index >= 15 is 0 Å². The number of imidazole rings is 1. The standard InChI is InChI=1S/C14H15FN2O2/c1-11(12-5-3-2-4-6-12)17-10-16-9-13(17)14(18)19-8-7-15/h2-6,9-11H,7-8H2,1H3/t11-/m0/s1. The second-order valence-electron chi connectivity index (χ2n) is 4.10. The third-order valence-electron chi connectivity index (χ3n) is 2.88. The first-order valence-electron chi connectivity index (χ1n) is 6.04. The Balaban J connectivity index is 2.22. The fourth-order valence-corrected chi connectivity index (χ4v) is 1.87. The molecule has 4 nitrogen and oxygen atoms in total. The van der Waals surface area contributed by atoms with Gasteiger partial charge in [-0.05, 0) is 12.5 Å². The Kier molecular flexibility index (Phi) is 4.28. The van der Waals surface area contributed by atoms with Crippen LogP contribution in [0.4, 0.5) is 4.39 Å². The monoisotopic (exact) mass is 262 g/mol. The normalized spacial score (nSPS) is 12.1. The average molecular weight is 262 g/mol. The summed E-state index contributed by atoms with van der Waals surface area (Å²) < 4.78 is 18.5. The zero-order chi connectivity index (χ0) is 13.7. The fraction of sp³-hybridized carbons (Fsp3) is 0.286. The summed E-state index contributed by atoms with van der Waals surface area (Å²) in [5.41, 5.74) is 1.38. The largest absolute Gasteiger partial charge is 0.458 e. The van der Waals surface area contributed by atoms with E-state index in [0.717, 1.165) is 5.56 Å². The molecule has 19 heavy (non-hydrogen) atoms. The van der Waals surface area contributed by atoms with Gasteiger partial charge in [0.15, 0.2) is 0 Å². The maximum atomic E-state index is 12.0. The number of nitrogens with zero attached hydrogens (tertiary/aromatic N) is 2. The lowest BCUT2D eigenvalue weighted by Gasteiger charge is -2.16. The number of carbonyl (C=O) groups excluding carboxylic acids is 1. The van der Waals surface area contributed by atoms with E-state index < -0.39 is 12.6 Å². The topological polar surface area (TPSA) is 44.1 Å². The van der Waals surface area contributed by atoms with Crippen LogP contribution in [0.2, 0.25) is 0 Å². The Bertz CT molecular complexity index is 539. The molecule has 0 amide bonds. The third kappa shape index (κ3) is 2.99. The number of alkyl halides is 1. The Morgan fingerprint density at radius 3 is 2.84 bits per heavy atom. The van der Waals surface area contributed by atoms with Gasteiger partial charge in [-0.1, -0.05) is 30.3 Å². The Hall–Kier alpha value is -2.17. The molecule has 0 spiro atoms. The molecule has 1 aromatic heterocycles. The maximum Gasteiger partial charge on any atom is 0.356 e. The highest BCUT2D eigenvalue weighted by Crippen LogP contribution is 2.19. The summed E-state index contributed by atoms with van der Waals surface area (Å²) in [6.07, 6.45) is 3.00. The summed E-state index contributed by atoms with van der Waals surface area (Å²) in [5.74, 6) is -0.557. The number of carbonyl (C=O) groups is 1. The van der Waals surface area contributed by atoms with Crippen molar-refractivity contribution in [2.45, 2.75) is 13.0 Å².